The first-order valence-electron chi connectivity index (χ1n) is 7.24. The second kappa shape index (κ2) is 7.06. The van der Waals surface area contributed by atoms with E-state index in [0.29, 0.717) is 6.42 Å². The number of carbonyl (C=O) groups excluding carboxylic acids is 2. The minimum atomic E-state index is -0.954. The summed E-state index contributed by atoms with van der Waals surface area (Å²) in [6.07, 6.45) is -0.00726. The van der Waals surface area contributed by atoms with Crippen molar-refractivity contribution in [2.24, 2.45) is 5.92 Å². The van der Waals surface area contributed by atoms with Gasteiger partial charge in [-0.15, -0.1) is 0 Å². The molecule has 6 nitrogen and oxygen atoms in total. The van der Waals surface area contributed by atoms with Crippen LogP contribution < -0.4 is 0 Å². The zero-order valence-electron chi connectivity index (χ0n) is 12.4. The molecule has 0 saturated carbocycles. The van der Waals surface area contributed by atoms with Crippen molar-refractivity contribution in [3.63, 3.8) is 0 Å². The highest BCUT2D eigenvalue weighted by molar-refractivity contribution is 5.94. The number of imide groups is 1. The van der Waals surface area contributed by atoms with Crippen molar-refractivity contribution in [3.05, 3.63) is 35.9 Å². The lowest BCUT2D eigenvalue weighted by atomic mass is 10.0. The first kappa shape index (κ1) is 16.0. The standard InChI is InChI=1S/C16H19NO5/c1-11(7-8-14(18)19)15(20)17-13(10-22-16(17)21)9-12-5-3-2-4-6-12/h2-6,11,13H,7-10H2,1H3,(H,18,19)/t11-,13+/m1/s1. The average Bonchev–Trinajstić information content (AvgIpc) is 2.85. The molecule has 1 aliphatic rings. The monoisotopic (exact) mass is 305 g/mol. The van der Waals surface area contributed by atoms with Gasteiger partial charge < -0.3 is 9.84 Å². The Balaban J connectivity index is 2.04. The smallest absolute Gasteiger partial charge is 0.416 e. The predicted octanol–water partition coefficient (Wildman–Crippen LogP) is 2.08. The fourth-order valence-electron chi connectivity index (χ4n) is 2.47. The van der Waals surface area contributed by atoms with Gasteiger partial charge in [-0.25, -0.2) is 9.69 Å². The Morgan fingerprint density at radius 2 is 2.05 bits per heavy atom. The fourth-order valence-corrected chi connectivity index (χ4v) is 2.47. The summed E-state index contributed by atoms with van der Waals surface area (Å²) < 4.78 is 5.00. The Hall–Kier alpha value is -2.37. The van der Waals surface area contributed by atoms with E-state index in [0.717, 1.165) is 10.5 Å². The number of ether oxygens (including phenoxy) is 1. The summed E-state index contributed by atoms with van der Waals surface area (Å²) in [4.78, 5) is 36.0. The molecular formula is C16H19NO5. The minimum absolute atomic E-state index is 0.0981. The van der Waals surface area contributed by atoms with Crippen LogP contribution in [0.4, 0.5) is 4.79 Å². The molecule has 1 fully saturated rings. The van der Waals surface area contributed by atoms with Gasteiger partial charge in [0.15, 0.2) is 0 Å². The first-order chi connectivity index (χ1) is 10.5. The molecule has 22 heavy (non-hydrogen) atoms. The fraction of sp³-hybridized carbons (Fsp3) is 0.438. The third-order valence-electron chi connectivity index (χ3n) is 3.73. The molecule has 0 unspecified atom stereocenters. The van der Waals surface area contributed by atoms with Crippen LogP contribution in [0.3, 0.4) is 0 Å². The largest absolute Gasteiger partial charge is 0.481 e. The molecule has 1 saturated heterocycles. The van der Waals surface area contributed by atoms with Gasteiger partial charge in [0.05, 0.1) is 6.04 Å². The summed E-state index contributed by atoms with van der Waals surface area (Å²) in [5.41, 5.74) is 1.02. The molecule has 0 radical (unpaired) electrons. The van der Waals surface area contributed by atoms with E-state index in [-0.39, 0.29) is 31.4 Å². The summed E-state index contributed by atoms with van der Waals surface area (Å²) in [5, 5.41) is 8.69. The number of carboxylic acid groups (broad SMARTS) is 1. The molecule has 2 atom stereocenters. The van der Waals surface area contributed by atoms with Gasteiger partial charge in [-0.1, -0.05) is 37.3 Å². The van der Waals surface area contributed by atoms with Crippen LogP contribution in [0.25, 0.3) is 0 Å². The number of rotatable bonds is 6. The highest BCUT2D eigenvalue weighted by atomic mass is 16.6. The van der Waals surface area contributed by atoms with Crippen molar-refractivity contribution < 1.29 is 24.2 Å². The molecule has 0 aromatic heterocycles. The van der Waals surface area contributed by atoms with Crippen LogP contribution in [0.2, 0.25) is 0 Å². The Kier molecular flexibility index (Phi) is 5.14. The van der Waals surface area contributed by atoms with Crippen LogP contribution in [0, 0.1) is 5.92 Å². The number of carboxylic acids is 1. The SMILES string of the molecule is C[C@H](CCC(=O)O)C(=O)N1C(=O)OC[C@@H]1Cc1ccccc1. The minimum Gasteiger partial charge on any atom is -0.481 e. The normalized spacial score (nSPS) is 18.9. The van der Waals surface area contributed by atoms with Crippen LogP contribution in [-0.4, -0.2) is 40.6 Å². The van der Waals surface area contributed by atoms with Crippen LogP contribution in [-0.2, 0) is 20.7 Å². The third kappa shape index (κ3) is 3.84. The second-order valence-electron chi connectivity index (χ2n) is 5.46. The summed E-state index contributed by atoms with van der Waals surface area (Å²) in [6.45, 7) is 1.81. The molecule has 118 valence electrons. The van der Waals surface area contributed by atoms with Crippen molar-refractivity contribution in [3.8, 4) is 0 Å². The van der Waals surface area contributed by atoms with E-state index in [4.69, 9.17) is 9.84 Å². The van der Waals surface area contributed by atoms with Gasteiger partial charge >= 0.3 is 12.1 Å². The molecule has 2 rings (SSSR count). The van der Waals surface area contributed by atoms with Crippen molar-refractivity contribution in [1.29, 1.82) is 0 Å². The Bertz CT molecular complexity index is 557. The van der Waals surface area contributed by atoms with E-state index in [9.17, 15) is 14.4 Å². The summed E-state index contributed by atoms with van der Waals surface area (Å²) in [7, 11) is 0. The van der Waals surface area contributed by atoms with E-state index >= 15 is 0 Å². The summed E-state index contributed by atoms with van der Waals surface area (Å²) in [5.74, 6) is -1.85. The first-order valence-corrected chi connectivity index (χ1v) is 7.24. The maximum Gasteiger partial charge on any atom is 0.416 e. The van der Waals surface area contributed by atoms with E-state index in [1.165, 1.54) is 0 Å². The summed E-state index contributed by atoms with van der Waals surface area (Å²) >= 11 is 0. The predicted molar refractivity (Wildman–Crippen MR) is 78.2 cm³/mol. The molecule has 0 aliphatic carbocycles. The molecule has 1 aromatic carbocycles. The zero-order valence-corrected chi connectivity index (χ0v) is 12.4. The average molecular weight is 305 g/mol. The van der Waals surface area contributed by atoms with E-state index in [2.05, 4.69) is 0 Å². The van der Waals surface area contributed by atoms with Gasteiger partial charge in [-0.2, -0.15) is 0 Å². The van der Waals surface area contributed by atoms with Crippen LogP contribution in [0.5, 0.6) is 0 Å². The molecule has 0 spiro atoms. The van der Waals surface area contributed by atoms with Crippen molar-refractivity contribution in [2.45, 2.75) is 32.2 Å². The number of aliphatic carboxylic acids is 1. The molecule has 1 aliphatic heterocycles. The van der Waals surface area contributed by atoms with Crippen molar-refractivity contribution in [1.82, 2.24) is 4.90 Å². The Labute approximate surface area is 128 Å². The van der Waals surface area contributed by atoms with Gasteiger partial charge in [0.1, 0.15) is 6.61 Å². The lowest BCUT2D eigenvalue weighted by Gasteiger charge is -2.22. The Morgan fingerprint density at radius 1 is 1.36 bits per heavy atom. The number of benzene rings is 1. The maximum absolute atomic E-state index is 12.4. The topological polar surface area (TPSA) is 83.9 Å². The number of cyclic esters (lactones) is 1. The molecule has 6 heteroatoms. The van der Waals surface area contributed by atoms with Gasteiger partial charge in [0.25, 0.3) is 0 Å². The number of carbonyl (C=O) groups is 3. The van der Waals surface area contributed by atoms with Crippen LogP contribution in [0.1, 0.15) is 25.3 Å². The Morgan fingerprint density at radius 3 is 2.68 bits per heavy atom. The molecular weight excluding hydrogens is 286 g/mol. The van der Waals surface area contributed by atoms with Gasteiger partial charge in [0, 0.05) is 12.3 Å². The van der Waals surface area contributed by atoms with E-state index in [1.54, 1.807) is 6.92 Å². The highest BCUT2D eigenvalue weighted by Crippen LogP contribution is 2.21. The van der Waals surface area contributed by atoms with E-state index in [1.807, 2.05) is 30.3 Å². The third-order valence-corrected chi connectivity index (χ3v) is 3.73. The zero-order chi connectivity index (χ0) is 16.1. The lowest BCUT2D eigenvalue weighted by molar-refractivity contribution is -0.138. The van der Waals surface area contributed by atoms with Crippen molar-refractivity contribution in [2.75, 3.05) is 6.61 Å². The van der Waals surface area contributed by atoms with Crippen LogP contribution >= 0.6 is 0 Å². The molecule has 2 amide bonds. The maximum atomic E-state index is 12.4. The van der Waals surface area contributed by atoms with Gasteiger partial charge in [0.2, 0.25) is 5.91 Å². The highest BCUT2D eigenvalue weighted by Gasteiger charge is 2.39. The number of amides is 2. The molecule has 1 N–H and O–H groups in total. The molecule has 0 bridgehead atoms. The second-order valence-corrected chi connectivity index (χ2v) is 5.46. The van der Waals surface area contributed by atoms with E-state index < -0.39 is 18.0 Å². The number of nitrogens with zero attached hydrogens (tertiary/aromatic N) is 1. The molecule has 1 aromatic rings. The number of hydrogen-bond acceptors (Lipinski definition) is 4. The van der Waals surface area contributed by atoms with Crippen molar-refractivity contribution >= 4 is 18.0 Å². The van der Waals surface area contributed by atoms with Gasteiger partial charge in [-0.05, 0) is 18.4 Å². The van der Waals surface area contributed by atoms with Gasteiger partial charge in [-0.3, -0.25) is 9.59 Å². The lowest BCUT2D eigenvalue weighted by Crippen LogP contribution is -2.43. The van der Waals surface area contributed by atoms with Crippen LogP contribution in [0.15, 0.2) is 30.3 Å². The summed E-state index contributed by atoms with van der Waals surface area (Å²) in [6, 6.07) is 9.22. The molecule has 1 heterocycles. The quantitative estimate of drug-likeness (QED) is 0.870. The number of hydrogen-bond donors (Lipinski definition) is 1.